The molecule has 34 heavy (non-hydrogen) atoms. The third kappa shape index (κ3) is 4.60. The summed E-state index contributed by atoms with van der Waals surface area (Å²) in [5.74, 6) is 0.799. The molecule has 2 aromatic rings. The fourth-order valence-corrected chi connectivity index (χ4v) is 5.95. The molecule has 4 aliphatic heterocycles. The average molecular weight is 457 g/mol. The van der Waals surface area contributed by atoms with Gasteiger partial charge in [-0.3, -0.25) is 9.80 Å². The van der Waals surface area contributed by atoms with Crippen molar-refractivity contribution in [2.75, 3.05) is 39.4 Å². The SMILES string of the molecule is N#CC12CN(Cc3ccccc3)CC1CCO2.N#CC12CN(Cc3ccccc3)CC1CCO2. The first-order valence-corrected chi connectivity index (χ1v) is 12.3. The van der Waals surface area contributed by atoms with Gasteiger partial charge in [0.2, 0.25) is 0 Å². The van der Waals surface area contributed by atoms with Crippen LogP contribution < -0.4 is 0 Å². The molecule has 4 atom stereocenters. The van der Waals surface area contributed by atoms with Gasteiger partial charge >= 0.3 is 0 Å². The van der Waals surface area contributed by atoms with Crippen molar-refractivity contribution in [3.8, 4) is 12.1 Å². The molecule has 0 N–H and O–H groups in total. The van der Waals surface area contributed by atoms with E-state index in [4.69, 9.17) is 9.47 Å². The summed E-state index contributed by atoms with van der Waals surface area (Å²) >= 11 is 0. The summed E-state index contributed by atoms with van der Waals surface area (Å²) in [7, 11) is 0. The van der Waals surface area contributed by atoms with E-state index < -0.39 is 11.2 Å². The molecule has 2 aromatic carbocycles. The number of benzene rings is 2. The highest BCUT2D eigenvalue weighted by Gasteiger charge is 2.52. The minimum Gasteiger partial charge on any atom is -0.358 e. The van der Waals surface area contributed by atoms with E-state index in [1.807, 2.05) is 12.1 Å². The summed E-state index contributed by atoms with van der Waals surface area (Å²) in [6.07, 6.45) is 2.05. The Hall–Kier alpha value is -2.74. The fraction of sp³-hybridized carbons (Fsp3) is 0.500. The van der Waals surface area contributed by atoms with Gasteiger partial charge in [0, 0.05) is 64.3 Å². The second kappa shape index (κ2) is 9.86. The van der Waals surface area contributed by atoms with Gasteiger partial charge in [-0.15, -0.1) is 0 Å². The third-order valence-corrected chi connectivity index (χ3v) is 7.72. The Balaban J connectivity index is 0.000000142. The molecule has 0 amide bonds. The number of nitrogens with zero attached hydrogens (tertiary/aromatic N) is 4. The van der Waals surface area contributed by atoms with Crippen LogP contribution in [0.25, 0.3) is 0 Å². The van der Waals surface area contributed by atoms with Crippen LogP contribution in [0.5, 0.6) is 0 Å². The van der Waals surface area contributed by atoms with E-state index in [1.54, 1.807) is 0 Å². The Morgan fingerprint density at radius 2 is 1.12 bits per heavy atom. The molecule has 4 aliphatic rings. The minimum absolute atomic E-state index is 0.399. The number of ether oxygens (including phenoxy) is 2. The lowest BCUT2D eigenvalue weighted by Crippen LogP contribution is -2.34. The lowest BCUT2D eigenvalue weighted by atomic mass is 9.93. The Bertz CT molecular complexity index is 964. The van der Waals surface area contributed by atoms with Gasteiger partial charge in [0.25, 0.3) is 0 Å². The summed E-state index contributed by atoms with van der Waals surface area (Å²) in [6.45, 7) is 6.82. The lowest BCUT2D eigenvalue weighted by Gasteiger charge is -2.20. The van der Waals surface area contributed by atoms with Gasteiger partial charge in [-0.25, -0.2) is 0 Å². The van der Waals surface area contributed by atoms with E-state index in [2.05, 4.69) is 70.5 Å². The first kappa shape index (κ1) is 23.0. The summed E-state index contributed by atoms with van der Waals surface area (Å²) < 4.78 is 11.4. The van der Waals surface area contributed by atoms with Crippen molar-refractivity contribution < 1.29 is 9.47 Å². The van der Waals surface area contributed by atoms with Crippen LogP contribution in [-0.2, 0) is 22.6 Å². The molecule has 4 saturated heterocycles. The maximum Gasteiger partial charge on any atom is 0.170 e. The molecule has 176 valence electrons. The van der Waals surface area contributed by atoms with Crippen LogP contribution in [0.2, 0.25) is 0 Å². The molecule has 4 heterocycles. The average Bonchev–Trinajstić information content (AvgIpc) is 3.59. The van der Waals surface area contributed by atoms with Crippen LogP contribution >= 0.6 is 0 Å². The van der Waals surface area contributed by atoms with E-state index in [9.17, 15) is 10.5 Å². The van der Waals surface area contributed by atoms with Gasteiger partial charge in [-0.2, -0.15) is 10.5 Å². The molecule has 0 bridgehead atoms. The summed E-state index contributed by atoms with van der Waals surface area (Å²) in [4.78, 5) is 4.67. The molecular weight excluding hydrogens is 424 g/mol. The Kier molecular flexibility index (Phi) is 6.68. The Morgan fingerprint density at radius 1 is 0.706 bits per heavy atom. The standard InChI is InChI=1S/2C14H16N2O/c2*15-10-14-11-16(9-13(14)6-7-17-14)8-12-4-2-1-3-5-12/h2*1-5,13H,6-9,11H2. The summed E-state index contributed by atoms with van der Waals surface area (Å²) in [5, 5.41) is 18.6. The van der Waals surface area contributed by atoms with Crippen molar-refractivity contribution in [2.24, 2.45) is 11.8 Å². The molecule has 0 aromatic heterocycles. The smallest absolute Gasteiger partial charge is 0.170 e. The van der Waals surface area contributed by atoms with Crippen molar-refractivity contribution in [1.82, 2.24) is 9.80 Å². The fourth-order valence-electron chi connectivity index (χ4n) is 5.95. The van der Waals surface area contributed by atoms with Crippen molar-refractivity contribution in [3.05, 3.63) is 71.8 Å². The number of rotatable bonds is 4. The third-order valence-electron chi connectivity index (χ3n) is 7.72. The maximum atomic E-state index is 9.31. The largest absolute Gasteiger partial charge is 0.358 e. The zero-order chi connectivity index (χ0) is 23.4. The number of hydrogen-bond acceptors (Lipinski definition) is 6. The second-order valence-corrected chi connectivity index (χ2v) is 9.98. The zero-order valence-electron chi connectivity index (χ0n) is 19.6. The molecule has 0 spiro atoms. The van der Waals surface area contributed by atoms with Gasteiger partial charge in [0.15, 0.2) is 11.2 Å². The second-order valence-electron chi connectivity index (χ2n) is 9.98. The Labute approximate surface area is 202 Å². The normalized spacial score (nSPS) is 32.3. The van der Waals surface area contributed by atoms with Crippen LogP contribution in [0.1, 0.15) is 24.0 Å². The van der Waals surface area contributed by atoms with E-state index >= 15 is 0 Å². The van der Waals surface area contributed by atoms with Crippen LogP contribution in [0.3, 0.4) is 0 Å². The Morgan fingerprint density at radius 3 is 1.47 bits per heavy atom. The predicted molar refractivity (Wildman–Crippen MR) is 128 cm³/mol. The first-order valence-electron chi connectivity index (χ1n) is 12.3. The van der Waals surface area contributed by atoms with E-state index in [-0.39, 0.29) is 0 Å². The topological polar surface area (TPSA) is 72.5 Å². The summed E-state index contributed by atoms with van der Waals surface area (Å²) in [5.41, 5.74) is 1.57. The van der Waals surface area contributed by atoms with Gasteiger partial charge in [0.05, 0.1) is 12.1 Å². The molecular formula is C28H32N4O2. The highest BCUT2D eigenvalue weighted by Crippen LogP contribution is 2.39. The van der Waals surface area contributed by atoms with Gasteiger partial charge < -0.3 is 9.47 Å². The molecule has 6 heteroatoms. The molecule has 6 nitrogen and oxygen atoms in total. The van der Waals surface area contributed by atoms with Gasteiger partial charge in [0.1, 0.15) is 0 Å². The van der Waals surface area contributed by atoms with E-state index in [0.29, 0.717) is 11.8 Å². The molecule has 4 unspecified atom stereocenters. The highest BCUT2D eigenvalue weighted by molar-refractivity contribution is 5.20. The summed E-state index contributed by atoms with van der Waals surface area (Å²) in [6, 6.07) is 25.6. The first-order chi connectivity index (χ1) is 16.6. The molecule has 0 saturated carbocycles. The zero-order valence-corrected chi connectivity index (χ0v) is 19.6. The molecule has 0 aliphatic carbocycles. The van der Waals surface area contributed by atoms with Gasteiger partial charge in [-0.05, 0) is 24.0 Å². The predicted octanol–water partition coefficient (Wildman–Crippen LogP) is 3.60. The van der Waals surface area contributed by atoms with Crippen LogP contribution in [0.15, 0.2) is 60.7 Å². The van der Waals surface area contributed by atoms with Crippen molar-refractivity contribution in [3.63, 3.8) is 0 Å². The van der Waals surface area contributed by atoms with E-state index in [1.165, 1.54) is 11.1 Å². The van der Waals surface area contributed by atoms with Crippen LogP contribution in [0.4, 0.5) is 0 Å². The van der Waals surface area contributed by atoms with Crippen molar-refractivity contribution in [1.29, 1.82) is 10.5 Å². The molecule has 6 rings (SSSR count). The maximum absolute atomic E-state index is 9.31. The highest BCUT2D eigenvalue weighted by atomic mass is 16.5. The minimum atomic E-state index is -0.519. The molecule has 0 radical (unpaired) electrons. The van der Waals surface area contributed by atoms with Crippen molar-refractivity contribution >= 4 is 0 Å². The quantitative estimate of drug-likeness (QED) is 0.700. The van der Waals surface area contributed by atoms with Crippen LogP contribution in [0, 0.1) is 34.5 Å². The molecule has 4 fully saturated rings. The monoisotopic (exact) mass is 456 g/mol. The van der Waals surface area contributed by atoms with Crippen LogP contribution in [-0.4, -0.2) is 60.4 Å². The number of nitriles is 2. The number of hydrogen-bond donors (Lipinski definition) is 0. The number of fused-ring (bicyclic) bond motifs is 2. The van der Waals surface area contributed by atoms with Crippen molar-refractivity contribution in [2.45, 2.75) is 37.1 Å². The number of likely N-dealkylation sites (tertiary alicyclic amines) is 2. The van der Waals surface area contributed by atoms with E-state index in [0.717, 1.165) is 65.3 Å². The van der Waals surface area contributed by atoms with Gasteiger partial charge in [-0.1, -0.05) is 60.7 Å². The lowest BCUT2D eigenvalue weighted by molar-refractivity contribution is 0.0407.